The van der Waals surface area contributed by atoms with Crippen molar-refractivity contribution in [2.24, 2.45) is 16.8 Å². The summed E-state index contributed by atoms with van der Waals surface area (Å²) in [4.78, 5) is 16.0. The summed E-state index contributed by atoms with van der Waals surface area (Å²) < 4.78 is 0. The van der Waals surface area contributed by atoms with Crippen molar-refractivity contribution in [3.8, 4) is 0 Å². The first-order valence-corrected chi connectivity index (χ1v) is 6.52. The van der Waals surface area contributed by atoms with Crippen molar-refractivity contribution >= 4 is 47.8 Å². The fourth-order valence-electron chi connectivity index (χ4n) is 1.77. The van der Waals surface area contributed by atoms with Gasteiger partial charge in [-0.3, -0.25) is 9.78 Å². The number of benzene rings is 1. The molecule has 7 heteroatoms. The summed E-state index contributed by atoms with van der Waals surface area (Å²) in [6, 6.07) is 9.10. The van der Waals surface area contributed by atoms with E-state index in [2.05, 4.69) is 15.5 Å². The molecule has 0 spiro atoms. The van der Waals surface area contributed by atoms with E-state index >= 15 is 0 Å². The van der Waals surface area contributed by atoms with E-state index in [0.717, 1.165) is 16.5 Å². The van der Waals surface area contributed by atoms with Crippen LogP contribution in [-0.4, -0.2) is 23.1 Å². The zero-order valence-electron chi connectivity index (χ0n) is 12.4. The molecule has 1 aromatic heterocycles. The third kappa shape index (κ3) is 4.94. The van der Waals surface area contributed by atoms with Gasteiger partial charge < -0.3 is 5.73 Å². The summed E-state index contributed by atoms with van der Waals surface area (Å²) in [7, 11) is 0. The molecule has 2 rings (SSSR count). The van der Waals surface area contributed by atoms with E-state index in [9.17, 15) is 4.79 Å². The van der Waals surface area contributed by atoms with Crippen molar-refractivity contribution < 1.29 is 4.79 Å². The topological polar surface area (TPSA) is 80.4 Å². The number of carbonyl (C=O) groups excluding carboxylic acids is 1. The summed E-state index contributed by atoms with van der Waals surface area (Å²) in [5.74, 6) is -0.214. The number of pyridine rings is 1. The molecule has 0 bridgehead atoms. The zero-order chi connectivity index (χ0) is 14.5. The number of nitrogens with zero attached hydrogens (tertiary/aromatic N) is 2. The van der Waals surface area contributed by atoms with Gasteiger partial charge in [0.05, 0.1) is 17.8 Å². The lowest BCUT2D eigenvalue weighted by atomic mass is 10.1. The Bertz CT molecular complexity index is 641. The van der Waals surface area contributed by atoms with E-state index in [0.29, 0.717) is 0 Å². The molecule has 0 saturated carbocycles. The Morgan fingerprint density at radius 1 is 1.27 bits per heavy atom. The smallest absolute Gasteiger partial charge is 0.257 e. The molecule has 0 aliphatic heterocycles. The molecule has 2 aromatic rings. The van der Waals surface area contributed by atoms with Gasteiger partial charge in [0, 0.05) is 17.1 Å². The second kappa shape index (κ2) is 9.35. The minimum absolute atomic E-state index is 0. The lowest BCUT2D eigenvalue weighted by molar-refractivity contribution is -0.123. The van der Waals surface area contributed by atoms with Crippen molar-refractivity contribution in [2.45, 2.75) is 19.9 Å². The van der Waals surface area contributed by atoms with Crippen molar-refractivity contribution in [3.63, 3.8) is 0 Å². The summed E-state index contributed by atoms with van der Waals surface area (Å²) >= 11 is 0. The van der Waals surface area contributed by atoms with Crippen LogP contribution < -0.4 is 11.2 Å². The van der Waals surface area contributed by atoms with Crippen molar-refractivity contribution in [2.75, 3.05) is 0 Å². The minimum atomic E-state index is -0.558. The minimum Gasteiger partial charge on any atom is -0.320 e. The molecule has 0 radical (unpaired) electrons. The van der Waals surface area contributed by atoms with Crippen LogP contribution in [0.2, 0.25) is 0 Å². The van der Waals surface area contributed by atoms with Crippen LogP contribution in [0.3, 0.4) is 0 Å². The van der Waals surface area contributed by atoms with Crippen molar-refractivity contribution in [3.05, 3.63) is 42.1 Å². The summed E-state index contributed by atoms with van der Waals surface area (Å²) in [5.41, 5.74) is 9.88. The molecule has 0 saturated heterocycles. The second-order valence-electron chi connectivity index (χ2n) is 4.93. The number of rotatable bonds is 4. The summed E-state index contributed by atoms with van der Waals surface area (Å²) in [6.07, 6.45) is 3.31. The number of para-hydroxylation sites is 1. The molecule has 3 N–H and O–H groups in total. The Morgan fingerprint density at radius 2 is 1.95 bits per heavy atom. The van der Waals surface area contributed by atoms with Crippen LogP contribution in [0.1, 0.15) is 19.4 Å². The van der Waals surface area contributed by atoms with Crippen molar-refractivity contribution in [1.29, 1.82) is 0 Å². The maximum absolute atomic E-state index is 11.7. The number of fused-ring (bicyclic) bond motifs is 1. The largest absolute Gasteiger partial charge is 0.320 e. The lowest BCUT2D eigenvalue weighted by Gasteiger charge is -2.12. The number of aromatic nitrogens is 1. The van der Waals surface area contributed by atoms with E-state index < -0.39 is 6.04 Å². The van der Waals surface area contributed by atoms with Gasteiger partial charge >= 0.3 is 0 Å². The molecule has 1 atom stereocenters. The van der Waals surface area contributed by atoms with Crippen LogP contribution >= 0.6 is 24.8 Å². The van der Waals surface area contributed by atoms with Crippen LogP contribution in [0.25, 0.3) is 10.9 Å². The average molecular weight is 343 g/mol. The van der Waals surface area contributed by atoms with E-state index in [1.54, 1.807) is 12.4 Å². The Balaban J connectivity index is 0.00000220. The monoisotopic (exact) mass is 342 g/mol. The third-order valence-corrected chi connectivity index (χ3v) is 3.06. The molecule has 1 heterocycles. The molecule has 120 valence electrons. The van der Waals surface area contributed by atoms with Gasteiger partial charge in [-0.15, -0.1) is 24.8 Å². The Morgan fingerprint density at radius 3 is 2.64 bits per heavy atom. The van der Waals surface area contributed by atoms with Crippen LogP contribution in [0, 0.1) is 5.92 Å². The highest BCUT2D eigenvalue weighted by molar-refractivity contribution is 5.97. The maximum Gasteiger partial charge on any atom is 0.257 e. The first-order chi connectivity index (χ1) is 9.59. The quantitative estimate of drug-likeness (QED) is 0.661. The second-order valence-corrected chi connectivity index (χ2v) is 4.93. The maximum atomic E-state index is 11.7. The highest BCUT2D eigenvalue weighted by Gasteiger charge is 2.16. The first-order valence-electron chi connectivity index (χ1n) is 6.52. The van der Waals surface area contributed by atoms with Gasteiger partial charge in [0.25, 0.3) is 5.91 Å². The highest BCUT2D eigenvalue weighted by Crippen LogP contribution is 2.13. The average Bonchev–Trinajstić information content (AvgIpc) is 2.46. The first kappa shape index (κ1) is 20.3. The number of nitrogens with two attached hydrogens (primary N) is 1. The van der Waals surface area contributed by atoms with E-state index in [-0.39, 0.29) is 36.6 Å². The molecule has 0 fully saturated rings. The Labute approximate surface area is 142 Å². The van der Waals surface area contributed by atoms with Gasteiger partial charge in [-0.1, -0.05) is 38.1 Å². The van der Waals surface area contributed by atoms with E-state index in [1.807, 2.05) is 44.2 Å². The number of nitrogens with one attached hydrogen (secondary N) is 1. The Kier molecular flexibility index (Phi) is 8.63. The van der Waals surface area contributed by atoms with Gasteiger partial charge in [0.1, 0.15) is 0 Å². The van der Waals surface area contributed by atoms with Crippen LogP contribution in [0.15, 0.2) is 41.6 Å². The molecule has 5 nitrogen and oxygen atoms in total. The molecule has 1 unspecified atom stereocenters. The highest BCUT2D eigenvalue weighted by atomic mass is 35.5. The Hall–Kier alpha value is -1.69. The van der Waals surface area contributed by atoms with Gasteiger partial charge in [-0.05, 0) is 12.0 Å². The number of hydrogen-bond donors (Lipinski definition) is 2. The van der Waals surface area contributed by atoms with Gasteiger partial charge in [-0.2, -0.15) is 5.10 Å². The van der Waals surface area contributed by atoms with Gasteiger partial charge in [0.2, 0.25) is 0 Å². The number of hydrazone groups is 1. The molecule has 1 aromatic carbocycles. The van der Waals surface area contributed by atoms with Crippen LogP contribution in [0.4, 0.5) is 0 Å². The standard InChI is InChI=1S/C15H18N4O.2ClH/c1-10(2)13(16)15(20)19-18-9-12-6-3-5-11-7-4-8-17-14(11)12;;/h3-10,13H,16H2,1-2H3,(H,19,20);2*1H/b18-9+;;. The van der Waals surface area contributed by atoms with E-state index in [1.165, 1.54) is 0 Å². The molecular formula is C15H20Cl2N4O. The number of carbonyl (C=O) groups is 1. The molecule has 1 amide bonds. The summed E-state index contributed by atoms with van der Waals surface area (Å²) in [5, 5.41) is 4.98. The molecule has 0 aliphatic carbocycles. The normalized spacial score (nSPS) is 11.8. The third-order valence-electron chi connectivity index (χ3n) is 3.06. The van der Waals surface area contributed by atoms with Crippen LogP contribution in [0.5, 0.6) is 0 Å². The number of amides is 1. The van der Waals surface area contributed by atoms with Crippen molar-refractivity contribution in [1.82, 2.24) is 10.4 Å². The fourth-order valence-corrected chi connectivity index (χ4v) is 1.77. The fraction of sp³-hybridized carbons (Fsp3) is 0.267. The lowest BCUT2D eigenvalue weighted by Crippen LogP contribution is -2.42. The summed E-state index contributed by atoms with van der Waals surface area (Å²) in [6.45, 7) is 3.78. The van der Waals surface area contributed by atoms with E-state index in [4.69, 9.17) is 5.73 Å². The molecule has 22 heavy (non-hydrogen) atoms. The predicted octanol–water partition coefficient (Wildman–Crippen LogP) is 2.51. The molecular weight excluding hydrogens is 323 g/mol. The zero-order valence-corrected chi connectivity index (χ0v) is 14.0. The number of hydrogen-bond acceptors (Lipinski definition) is 4. The van der Waals surface area contributed by atoms with Crippen LogP contribution in [-0.2, 0) is 4.79 Å². The number of halogens is 2. The molecule has 0 aliphatic rings. The SMILES string of the molecule is CC(C)C(N)C(=O)N/N=C/c1cccc2cccnc12.Cl.Cl. The van der Waals surface area contributed by atoms with Gasteiger partial charge in [-0.25, -0.2) is 5.43 Å². The van der Waals surface area contributed by atoms with Gasteiger partial charge in [0.15, 0.2) is 0 Å². The predicted molar refractivity (Wildman–Crippen MR) is 94.8 cm³/mol.